The van der Waals surface area contributed by atoms with Crippen LogP contribution >= 0.6 is 23.4 Å². The highest BCUT2D eigenvalue weighted by Crippen LogP contribution is 2.25. The van der Waals surface area contributed by atoms with Gasteiger partial charge in [-0.05, 0) is 58.0 Å². The van der Waals surface area contributed by atoms with Crippen LogP contribution in [0.3, 0.4) is 0 Å². The largest absolute Gasteiger partial charge is 0.467 e. The van der Waals surface area contributed by atoms with Gasteiger partial charge in [0.05, 0.1) is 29.0 Å². The van der Waals surface area contributed by atoms with Crippen LogP contribution in [0.1, 0.15) is 33.5 Å². The molecular weight excluding hydrogens is 398 g/mol. The van der Waals surface area contributed by atoms with Crippen molar-refractivity contribution >= 4 is 40.2 Å². The van der Waals surface area contributed by atoms with Crippen LogP contribution in [-0.4, -0.2) is 26.2 Å². The normalized spacial score (nSPS) is 12.9. The fourth-order valence-electron chi connectivity index (χ4n) is 2.64. The number of amides is 1. The molecule has 2 heterocycles. The minimum absolute atomic E-state index is 0.123. The van der Waals surface area contributed by atoms with Gasteiger partial charge in [-0.15, -0.1) is 0 Å². The lowest BCUT2D eigenvalue weighted by Gasteiger charge is -2.23. The molecule has 3 aromatic rings. The van der Waals surface area contributed by atoms with Crippen molar-refractivity contribution < 1.29 is 9.21 Å². The van der Waals surface area contributed by atoms with Crippen LogP contribution in [0.25, 0.3) is 10.9 Å². The van der Waals surface area contributed by atoms with Crippen molar-refractivity contribution in [3.63, 3.8) is 0 Å². The average molecular weight is 420 g/mol. The van der Waals surface area contributed by atoms with Gasteiger partial charge in [0.1, 0.15) is 5.76 Å². The topological polar surface area (TPSA) is 77.1 Å². The number of benzene rings is 1. The van der Waals surface area contributed by atoms with Crippen LogP contribution < -0.4 is 10.9 Å². The van der Waals surface area contributed by atoms with E-state index in [4.69, 9.17) is 16.0 Å². The highest BCUT2D eigenvalue weighted by Gasteiger charge is 2.23. The second-order valence-corrected chi connectivity index (χ2v) is 9.27. The molecule has 6 nitrogen and oxygen atoms in total. The molecule has 148 valence electrons. The monoisotopic (exact) mass is 419 g/mol. The summed E-state index contributed by atoms with van der Waals surface area (Å²) in [5, 5.41) is 3.91. The Labute approximate surface area is 172 Å². The Bertz CT molecular complexity index is 1050. The first-order valence-electron chi connectivity index (χ1n) is 8.85. The zero-order chi connectivity index (χ0) is 20.5. The smallest absolute Gasteiger partial charge is 0.262 e. The van der Waals surface area contributed by atoms with Crippen molar-refractivity contribution in [1.82, 2.24) is 14.9 Å². The number of thioether (sulfide) groups is 1. The molecule has 0 aliphatic carbocycles. The molecule has 0 radical (unpaired) electrons. The minimum Gasteiger partial charge on any atom is -0.467 e. The van der Waals surface area contributed by atoms with Crippen molar-refractivity contribution in [3.05, 3.63) is 57.7 Å². The molecular formula is C20H22ClN3O3S. The molecule has 1 atom stereocenters. The molecule has 0 unspecified atom stereocenters. The van der Waals surface area contributed by atoms with Gasteiger partial charge in [0.2, 0.25) is 5.91 Å². The van der Waals surface area contributed by atoms with Gasteiger partial charge in [-0.1, -0.05) is 23.4 Å². The number of rotatable bonds is 5. The summed E-state index contributed by atoms with van der Waals surface area (Å²) in [7, 11) is 0. The molecule has 8 heteroatoms. The van der Waals surface area contributed by atoms with E-state index in [1.165, 1.54) is 16.3 Å². The highest BCUT2D eigenvalue weighted by molar-refractivity contribution is 8.00. The van der Waals surface area contributed by atoms with Crippen LogP contribution in [0, 0.1) is 0 Å². The van der Waals surface area contributed by atoms with E-state index in [1.54, 1.807) is 43.5 Å². The number of hydrogen-bond acceptors (Lipinski definition) is 5. The SMILES string of the molecule is C[C@H](Sc1nc2cc(Cl)ccc2c(=O)n1Cc1ccco1)C(=O)NC(C)(C)C. The van der Waals surface area contributed by atoms with E-state index in [9.17, 15) is 9.59 Å². The summed E-state index contributed by atoms with van der Waals surface area (Å²) in [6, 6.07) is 8.54. The van der Waals surface area contributed by atoms with Gasteiger partial charge in [0.15, 0.2) is 5.16 Å². The molecule has 0 saturated carbocycles. The third kappa shape index (κ3) is 4.77. The number of carbonyl (C=O) groups excluding carboxylic acids is 1. The summed E-state index contributed by atoms with van der Waals surface area (Å²) in [4.78, 5) is 30.2. The first kappa shape index (κ1) is 20.5. The minimum atomic E-state index is -0.439. The number of nitrogens with zero attached hydrogens (tertiary/aromatic N) is 2. The molecule has 1 aromatic carbocycles. The zero-order valence-corrected chi connectivity index (χ0v) is 17.7. The van der Waals surface area contributed by atoms with Crippen LogP contribution in [0.5, 0.6) is 0 Å². The maximum Gasteiger partial charge on any atom is 0.262 e. The lowest BCUT2D eigenvalue weighted by atomic mass is 10.1. The Morgan fingerprint density at radius 3 is 2.75 bits per heavy atom. The first-order valence-corrected chi connectivity index (χ1v) is 10.1. The zero-order valence-electron chi connectivity index (χ0n) is 16.2. The van der Waals surface area contributed by atoms with E-state index in [-0.39, 0.29) is 23.6 Å². The second-order valence-electron chi connectivity index (χ2n) is 7.53. The van der Waals surface area contributed by atoms with E-state index in [1.807, 2.05) is 20.8 Å². The van der Waals surface area contributed by atoms with Crippen molar-refractivity contribution in [2.45, 2.75) is 50.2 Å². The Balaban J connectivity index is 2.03. The van der Waals surface area contributed by atoms with E-state index in [0.29, 0.717) is 26.8 Å². The summed E-state index contributed by atoms with van der Waals surface area (Å²) < 4.78 is 6.93. The third-order valence-electron chi connectivity index (χ3n) is 3.93. The molecule has 2 aromatic heterocycles. The Morgan fingerprint density at radius 2 is 2.11 bits per heavy atom. The molecule has 0 fully saturated rings. The number of nitrogens with one attached hydrogen (secondary N) is 1. The van der Waals surface area contributed by atoms with Crippen molar-refractivity contribution in [1.29, 1.82) is 0 Å². The molecule has 1 N–H and O–H groups in total. The second kappa shape index (κ2) is 8.01. The lowest BCUT2D eigenvalue weighted by Crippen LogP contribution is -2.44. The predicted octanol–water partition coefficient (Wildman–Crippen LogP) is 4.09. The van der Waals surface area contributed by atoms with Gasteiger partial charge in [-0.3, -0.25) is 14.2 Å². The number of halogens is 1. The Kier molecular flexibility index (Phi) is 5.86. The lowest BCUT2D eigenvalue weighted by molar-refractivity contribution is -0.121. The van der Waals surface area contributed by atoms with Gasteiger partial charge >= 0.3 is 0 Å². The average Bonchev–Trinajstić information content (AvgIpc) is 3.09. The van der Waals surface area contributed by atoms with Crippen molar-refractivity contribution in [2.24, 2.45) is 0 Å². The number of fused-ring (bicyclic) bond motifs is 1. The van der Waals surface area contributed by atoms with E-state index in [0.717, 1.165) is 0 Å². The van der Waals surface area contributed by atoms with Crippen molar-refractivity contribution in [2.75, 3.05) is 0 Å². The van der Waals surface area contributed by atoms with Crippen LogP contribution in [-0.2, 0) is 11.3 Å². The summed E-state index contributed by atoms with van der Waals surface area (Å²) >= 11 is 7.30. The Hall–Kier alpha value is -2.25. The van der Waals surface area contributed by atoms with E-state index < -0.39 is 5.25 Å². The van der Waals surface area contributed by atoms with Gasteiger partial charge in [-0.2, -0.15) is 0 Å². The first-order chi connectivity index (χ1) is 13.1. The van der Waals surface area contributed by atoms with Crippen LogP contribution in [0.4, 0.5) is 0 Å². The standard InChI is InChI=1S/C20H22ClN3O3S/c1-12(17(25)23-20(2,3)4)28-19-22-16-10-13(21)7-8-15(16)18(26)24(19)11-14-6-5-9-27-14/h5-10,12H,11H2,1-4H3,(H,23,25)/t12-/m0/s1. The third-order valence-corrected chi connectivity index (χ3v) is 5.25. The molecule has 0 aliphatic heterocycles. The molecule has 3 rings (SSSR count). The van der Waals surface area contributed by atoms with Crippen LogP contribution in [0.2, 0.25) is 5.02 Å². The molecule has 0 saturated heterocycles. The van der Waals surface area contributed by atoms with Crippen molar-refractivity contribution in [3.8, 4) is 0 Å². The van der Waals surface area contributed by atoms with Gasteiger partial charge in [0.25, 0.3) is 5.56 Å². The number of hydrogen-bond donors (Lipinski definition) is 1. The van der Waals surface area contributed by atoms with Crippen LogP contribution in [0.15, 0.2) is 51.0 Å². The summed E-state index contributed by atoms with van der Waals surface area (Å²) in [5.41, 5.74) is -0.0486. The predicted molar refractivity (Wildman–Crippen MR) is 112 cm³/mol. The molecule has 0 spiro atoms. The molecule has 28 heavy (non-hydrogen) atoms. The summed E-state index contributed by atoms with van der Waals surface area (Å²) in [5.74, 6) is 0.508. The molecule has 0 bridgehead atoms. The van der Waals surface area contributed by atoms with E-state index in [2.05, 4.69) is 10.3 Å². The maximum absolute atomic E-state index is 13.1. The molecule has 1 amide bonds. The van der Waals surface area contributed by atoms with Gasteiger partial charge in [0, 0.05) is 10.6 Å². The van der Waals surface area contributed by atoms with E-state index >= 15 is 0 Å². The highest BCUT2D eigenvalue weighted by atomic mass is 35.5. The number of furan rings is 1. The fourth-order valence-corrected chi connectivity index (χ4v) is 3.72. The van der Waals surface area contributed by atoms with Gasteiger partial charge in [-0.25, -0.2) is 4.98 Å². The summed E-state index contributed by atoms with van der Waals surface area (Å²) in [6.45, 7) is 7.78. The Morgan fingerprint density at radius 1 is 1.36 bits per heavy atom. The van der Waals surface area contributed by atoms with Gasteiger partial charge < -0.3 is 9.73 Å². The fraction of sp³-hybridized carbons (Fsp3) is 0.350. The maximum atomic E-state index is 13.1. The quantitative estimate of drug-likeness (QED) is 0.498. The summed E-state index contributed by atoms with van der Waals surface area (Å²) in [6.07, 6.45) is 1.56. The number of aromatic nitrogens is 2. The molecule has 0 aliphatic rings. The number of carbonyl (C=O) groups is 1.